The Morgan fingerprint density at radius 2 is 2.41 bits per heavy atom. The largest absolute Gasteiger partial charge is 0.375 e. The van der Waals surface area contributed by atoms with Gasteiger partial charge in [-0.2, -0.15) is 0 Å². The number of aldehydes is 1. The van der Waals surface area contributed by atoms with Crippen LogP contribution in [0.4, 0.5) is 10.1 Å². The van der Waals surface area contributed by atoms with Gasteiger partial charge in [0.25, 0.3) is 0 Å². The number of nitrogens with zero attached hydrogens (tertiary/aromatic N) is 1. The molecule has 0 aliphatic carbocycles. The Morgan fingerprint density at radius 1 is 1.59 bits per heavy atom. The first-order valence-electron chi connectivity index (χ1n) is 5.86. The van der Waals surface area contributed by atoms with Crippen LogP contribution in [0.1, 0.15) is 23.7 Å². The molecule has 3 nitrogen and oxygen atoms in total. The third-order valence-corrected chi connectivity index (χ3v) is 3.08. The topological polar surface area (TPSA) is 29.5 Å². The Hall–Kier alpha value is -1.42. The second kappa shape index (κ2) is 5.27. The fraction of sp³-hybridized carbons (Fsp3) is 0.462. The number of benzene rings is 1. The van der Waals surface area contributed by atoms with Gasteiger partial charge in [-0.05, 0) is 18.6 Å². The number of hydrogen-bond donors (Lipinski definition) is 0. The molecule has 17 heavy (non-hydrogen) atoms. The SMILES string of the molecule is CCC1CN(c2cccc(F)c2C=O)CCO1. The molecule has 1 saturated heterocycles. The van der Waals surface area contributed by atoms with Gasteiger partial charge in [0, 0.05) is 13.1 Å². The van der Waals surface area contributed by atoms with Gasteiger partial charge in [-0.3, -0.25) is 4.79 Å². The van der Waals surface area contributed by atoms with E-state index in [9.17, 15) is 9.18 Å². The molecule has 1 fully saturated rings. The van der Waals surface area contributed by atoms with Crippen LogP contribution in [0.25, 0.3) is 0 Å². The van der Waals surface area contributed by atoms with Crippen molar-refractivity contribution in [2.45, 2.75) is 19.4 Å². The lowest BCUT2D eigenvalue weighted by molar-refractivity contribution is 0.0383. The zero-order valence-electron chi connectivity index (χ0n) is 9.86. The van der Waals surface area contributed by atoms with Crippen molar-refractivity contribution in [1.29, 1.82) is 0 Å². The standard InChI is InChI=1S/C13H16FNO2/c1-2-10-8-15(6-7-17-10)13-5-3-4-12(14)11(13)9-16/h3-5,9-10H,2,6-8H2,1H3. The van der Waals surface area contributed by atoms with Gasteiger partial charge in [-0.25, -0.2) is 4.39 Å². The summed E-state index contributed by atoms with van der Waals surface area (Å²) in [6.07, 6.45) is 1.66. The summed E-state index contributed by atoms with van der Waals surface area (Å²) in [5, 5.41) is 0. The van der Waals surface area contributed by atoms with Crippen LogP contribution in [0.2, 0.25) is 0 Å². The first-order chi connectivity index (χ1) is 8.26. The second-order valence-corrected chi connectivity index (χ2v) is 4.14. The van der Waals surface area contributed by atoms with Crippen LogP contribution in [0.3, 0.4) is 0 Å². The minimum atomic E-state index is -0.461. The van der Waals surface area contributed by atoms with Crippen LogP contribution in [-0.2, 0) is 4.74 Å². The van der Waals surface area contributed by atoms with Gasteiger partial charge in [0.2, 0.25) is 0 Å². The highest BCUT2D eigenvalue weighted by atomic mass is 19.1. The Kier molecular flexibility index (Phi) is 3.74. The third kappa shape index (κ3) is 2.47. The van der Waals surface area contributed by atoms with E-state index in [-0.39, 0.29) is 11.7 Å². The Morgan fingerprint density at radius 3 is 3.12 bits per heavy atom. The number of carbonyl (C=O) groups is 1. The number of carbonyl (C=O) groups excluding carboxylic acids is 1. The third-order valence-electron chi connectivity index (χ3n) is 3.08. The molecule has 0 bridgehead atoms. The van der Waals surface area contributed by atoms with Gasteiger partial charge in [-0.1, -0.05) is 13.0 Å². The van der Waals surface area contributed by atoms with Crippen molar-refractivity contribution in [3.05, 3.63) is 29.6 Å². The normalized spacial score (nSPS) is 20.4. The number of halogens is 1. The summed E-state index contributed by atoms with van der Waals surface area (Å²) >= 11 is 0. The molecular weight excluding hydrogens is 221 g/mol. The van der Waals surface area contributed by atoms with E-state index in [2.05, 4.69) is 6.92 Å². The van der Waals surface area contributed by atoms with E-state index >= 15 is 0 Å². The molecule has 0 N–H and O–H groups in total. The van der Waals surface area contributed by atoms with E-state index in [4.69, 9.17) is 4.74 Å². The Balaban J connectivity index is 2.27. The molecule has 92 valence electrons. The zero-order valence-corrected chi connectivity index (χ0v) is 9.86. The fourth-order valence-electron chi connectivity index (χ4n) is 2.10. The van der Waals surface area contributed by atoms with Gasteiger partial charge in [-0.15, -0.1) is 0 Å². The molecule has 0 amide bonds. The summed E-state index contributed by atoms with van der Waals surface area (Å²) in [7, 11) is 0. The highest BCUT2D eigenvalue weighted by molar-refractivity contribution is 5.85. The van der Waals surface area contributed by atoms with E-state index in [0.29, 0.717) is 31.7 Å². The smallest absolute Gasteiger partial charge is 0.155 e. The van der Waals surface area contributed by atoms with E-state index < -0.39 is 5.82 Å². The molecule has 1 aromatic rings. The maximum absolute atomic E-state index is 13.5. The monoisotopic (exact) mass is 237 g/mol. The van der Waals surface area contributed by atoms with Crippen molar-refractivity contribution in [2.75, 3.05) is 24.6 Å². The summed E-state index contributed by atoms with van der Waals surface area (Å²) < 4.78 is 19.1. The molecule has 0 radical (unpaired) electrons. The molecule has 4 heteroatoms. The van der Waals surface area contributed by atoms with Gasteiger partial charge >= 0.3 is 0 Å². The number of ether oxygens (including phenoxy) is 1. The van der Waals surface area contributed by atoms with Crippen molar-refractivity contribution in [1.82, 2.24) is 0 Å². The van der Waals surface area contributed by atoms with Crippen molar-refractivity contribution in [3.8, 4) is 0 Å². The molecule has 0 aromatic heterocycles. The number of hydrogen-bond acceptors (Lipinski definition) is 3. The highest BCUT2D eigenvalue weighted by Gasteiger charge is 2.22. The number of anilines is 1. The lowest BCUT2D eigenvalue weighted by atomic mass is 10.1. The molecule has 1 heterocycles. The summed E-state index contributed by atoms with van der Waals surface area (Å²) in [5.74, 6) is -0.461. The Bertz CT molecular complexity index is 408. The molecule has 1 atom stereocenters. The highest BCUT2D eigenvalue weighted by Crippen LogP contribution is 2.24. The van der Waals surface area contributed by atoms with Gasteiger partial charge in [0.1, 0.15) is 5.82 Å². The summed E-state index contributed by atoms with van der Waals surface area (Å²) in [4.78, 5) is 13.0. The molecule has 2 rings (SSSR count). The predicted molar refractivity (Wildman–Crippen MR) is 64.0 cm³/mol. The quantitative estimate of drug-likeness (QED) is 0.755. The van der Waals surface area contributed by atoms with E-state index in [1.54, 1.807) is 12.1 Å². The van der Waals surface area contributed by atoms with E-state index in [0.717, 1.165) is 6.42 Å². The zero-order chi connectivity index (χ0) is 12.3. The van der Waals surface area contributed by atoms with Crippen molar-refractivity contribution in [2.24, 2.45) is 0 Å². The summed E-state index contributed by atoms with van der Waals surface area (Å²) in [6.45, 7) is 4.08. The Labute approximate surface area is 100 Å². The first-order valence-corrected chi connectivity index (χ1v) is 5.86. The molecule has 1 unspecified atom stereocenters. The molecule has 1 aliphatic heterocycles. The predicted octanol–water partition coefficient (Wildman–Crippen LogP) is 2.25. The number of morpholine rings is 1. The first kappa shape index (κ1) is 12.0. The maximum atomic E-state index is 13.5. The summed E-state index contributed by atoms with van der Waals surface area (Å²) in [5.41, 5.74) is 0.811. The maximum Gasteiger partial charge on any atom is 0.155 e. The fourth-order valence-corrected chi connectivity index (χ4v) is 2.10. The molecule has 0 saturated carbocycles. The minimum absolute atomic E-state index is 0.143. The lowest BCUT2D eigenvalue weighted by Crippen LogP contribution is -2.42. The van der Waals surface area contributed by atoms with E-state index in [1.807, 2.05) is 4.90 Å². The van der Waals surface area contributed by atoms with Crippen molar-refractivity contribution < 1.29 is 13.9 Å². The molecule has 1 aliphatic rings. The molecule has 1 aromatic carbocycles. The van der Waals surface area contributed by atoms with E-state index in [1.165, 1.54) is 6.07 Å². The van der Waals surface area contributed by atoms with Crippen LogP contribution in [0.5, 0.6) is 0 Å². The average Bonchev–Trinajstić information content (AvgIpc) is 2.38. The van der Waals surface area contributed by atoms with Gasteiger partial charge in [0.15, 0.2) is 6.29 Å². The lowest BCUT2D eigenvalue weighted by Gasteiger charge is -2.34. The minimum Gasteiger partial charge on any atom is -0.375 e. The second-order valence-electron chi connectivity index (χ2n) is 4.14. The molecule has 0 spiro atoms. The number of rotatable bonds is 3. The van der Waals surface area contributed by atoms with Gasteiger partial charge < -0.3 is 9.64 Å². The summed E-state index contributed by atoms with van der Waals surface area (Å²) in [6, 6.07) is 4.73. The van der Waals surface area contributed by atoms with Gasteiger partial charge in [0.05, 0.1) is 24.0 Å². The van der Waals surface area contributed by atoms with Crippen LogP contribution in [0, 0.1) is 5.82 Å². The van der Waals surface area contributed by atoms with Crippen molar-refractivity contribution in [3.63, 3.8) is 0 Å². The average molecular weight is 237 g/mol. The van der Waals surface area contributed by atoms with Crippen LogP contribution < -0.4 is 4.90 Å². The van der Waals surface area contributed by atoms with Crippen LogP contribution in [-0.4, -0.2) is 32.1 Å². The van der Waals surface area contributed by atoms with Crippen LogP contribution >= 0.6 is 0 Å². The molecular formula is C13H16FNO2. The van der Waals surface area contributed by atoms with Crippen LogP contribution in [0.15, 0.2) is 18.2 Å². The van der Waals surface area contributed by atoms with Crippen molar-refractivity contribution >= 4 is 12.0 Å².